The van der Waals surface area contributed by atoms with Crippen molar-refractivity contribution in [1.82, 2.24) is 4.90 Å². The molecule has 3 heteroatoms. The Morgan fingerprint density at radius 2 is 2.38 bits per heavy atom. The molecule has 2 N–H and O–H groups in total. The van der Waals surface area contributed by atoms with E-state index in [0.717, 1.165) is 38.9 Å². The van der Waals surface area contributed by atoms with Gasteiger partial charge in [0.2, 0.25) is 0 Å². The van der Waals surface area contributed by atoms with Gasteiger partial charge in [0.25, 0.3) is 0 Å². The van der Waals surface area contributed by atoms with E-state index in [9.17, 15) is 4.79 Å². The summed E-state index contributed by atoms with van der Waals surface area (Å²) >= 11 is 0. The smallest absolute Gasteiger partial charge is 0.132 e. The van der Waals surface area contributed by atoms with E-state index >= 15 is 0 Å². The zero-order chi connectivity index (χ0) is 9.68. The van der Waals surface area contributed by atoms with Gasteiger partial charge in [0.05, 0.1) is 0 Å². The molecule has 0 aliphatic carbocycles. The molecule has 1 aliphatic rings. The van der Waals surface area contributed by atoms with Gasteiger partial charge in [-0.15, -0.1) is 0 Å². The molecule has 0 amide bonds. The minimum atomic E-state index is 0.363. The second kappa shape index (κ2) is 5.35. The van der Waals surface area contributed by atoms with Crippen molar-refractivity contribution in [2.75, 3.05) is 19.6 Å². The first-order valence-electron chi connectivity index (χ1n) is 5.22. The molecule has 0 spiro atoms. The van der Waals surface area contributed by atoms with Gasteiger partial charge in [0.1, 0.15) is 5.78 Å². The summed E-state index contributed by atoms with van der Waals surface area (Å²) in [6.45, 7) is 5.09. The van der Waals surface area contributed by atoms with Gasteiger partial charge in [-0.2, -0.15) is 0 Å². The number of likely N-dealkylation sites (tertiary alicyclic amines) is 1. The fourth-order valence-corrected chi connectivity index (χ4v) is 1.74. The Bertz CT molecular complexity index is 170. The Hall–Kier alpha value is -0.410. The molecular formula is C10H20N2O. The monoisotopic (exact) mass is 184 g/mol. The van der Waals surface area contributed by atoms with Crippen LogP contribution >= 0.6 is 0 Å². The van der Waals surface area contributed by atoms with Crippen LogP contribution in [0.5, 0.6) is 0 Å². The lowest BCUT2D eigenvalue weighted by molar-refractivity contribution is -0.118. The summed E-state index contributed by atoms with van der Waals surface area (Å²) in [4.78, 5) is 13.4. The first-order chi connectivity index (χ1) is 6.22. The van der Waals surface area contributed by atoms with E-state index in [1.807, 2.05) is 6.92 Å². The number of hydrogen-bond acceptors (Lipinski definition) is 3. The lowest BCUT2D eigenvalue weighted by atomic mass is 10.2. The maximum Gasteiger partial charge on any atom is 0.132 e. The first-order valence-corrected chi connectivity index (χ1v) is 5.22. The standard InChI is InChI=1S/C10H20N2O/c1-2-10(13)4-3-6-12-7-5-9(11)8-12/h9H,2-8,11H2,1H3. The predicted molar refractivity (Wildman–Crippen MR) is 53.6 cm³/mol. The molecule has 0 aromatic carbocycles. The minimum absolute atomic E-state index is 0.363. The summed E-state index contributed by atoms with van der Waals surface area (Å²) in [6.07, 6.45) is 3.53. The van der Waals surface area contributed by atoms with E-state index in [1.165, 1.54) is 0 Å². The lowest BCUT2D eigenvalue weighted by Gasteiger charge is -2.13. The molecule has 0 radical (unpaired) electrons. The van der Waals surface area contributed by atoms with Gasteiger partial charge in [-0.3, -0.25) is 4.79 Å². The summed E-state index contributed by atoms with van der Waals surface area (Å²) in [5.74, 6) is 0.378. The highest BCUT2D eigenvalue weighted by Gasteiger charge is 2.18. The summed E-state index contributed by atoms with van der Waals surface area (Å²) in [5.41, 5.74) is 5.77. The second-order valence-electron chi connectivity index (χ2n) is 3.85. The quantitative estimate of drug-likeness (QED) is 0.686. The van der Waals surface area contributed by atoms with Crippen LogP contribution in [0.15, 0.2) is 0 Å². The van der Waals surface area contributed by atoms with Crippen molar-refractivity contribution in [3.8, 4) is 0 Å². The molecule has 0 aromatic rings. The number of carbonyl (C=O) groups is 1. The van der Waals surface area contributed by atoms with Crippen LogP contribution in [0.4, 0.5) is 0 Å². The molecular weight excluding hydrogens is 164 g/mol. The number of rotatable bonds is 5. The molecule has 3 nitrogen and oxygen atoms in total. The summed E-state index contributed by atoms with van der Waals surface area (Å²) in [6, 6.07) is 0.363. The largest absolute Gasteiger partial charge is 0.326 e. The number of ketones is 1. The van der Waals surface area contributed by atoms with Crippen LogP contribution in [0.3, 0.4) is 0 Å². The molecule has 76 valence electrons. The molecule has 1 fully saturated rings. The first kappa shape index (κ1) is 10.7. The molecule has 1 rings (SSSR count). The van der Waals surface area contributed by atoms with Crippen molar-refractivity contribution in [2.24, 2.45) is 5.73 Å². The minimum Gasteiger partial charge on any atom is -0.326 e. The van der Waals surface area contributed by atoms with Gasteiger partial charge in [-0.25, -0.2) is 0 Å². The van der Waals surface area contributed by atoms with Crippen molar-refractivity contribution < 1.29 is 4.79 Å². The van der Waals surface area contributed by atoms with Crippen LogP contribution in [0, 0.1) is 0 Å². The van der Waals surface area contributed by atoms with Crippen molar-refractivity contribution in [1.29, 1.82) is 0 Å². The Labute approximate surface area is 80.3 Å². The highest BCUT2D eigenvalue weighted by Crippen LogP contribution is 2.08. The molecule has 1 aliphatic heterocycles. The maximum atomic E-state index is 11.0. The van der Waals surface area contributed by atoms with Crippen LogP contribution < -0.4 is 5.73 Å². The average Bonchev–Trinajstić information content (AvgIpc) is 2.51. The van der Waals surface area contributed by atoms with Crippen LogP contribution in [-0.2, 0) is 4.79 Å². The third-order valence-electron chi connectivity index (χ3n) is 2.63. The number of hydrogen-bond donors (Lipinski definition) is 1. The van der Waals surface area contributed by atoms with Crippen LogP contribution in [-0.4, -0.2) is 36.4 Å². The molecule has 0 saturated carbocycles. The molecule has 1 unspecified atom stereocenters. The van der Waals surface area contributed by atoms with Crippen molar-refractivity contribution in [2.45, 2.75) is 38.6 Å². The summed E-state index contributed by atoms with van der Waals surface area (Å²) in [5, 5.41) is 0. The van der Waals surface area contributed by atoms with Crippen molar-refractivity contribution in [3.05, 3.63) is 0 Å². The van der Waals surface area contributed by atoms with Gasteiger partial charge in [0, 0.05) is 25.4 Å². The molecule has 1 saturated heterocycles. The van der Waals surface area contributed by atoms with Crippen LogP contribution in [0.2, 0.25) is 0 Å². The van der Waals surface area contributed by atoms with E-state index in [0.29, 0.717) is 18.2 Å². The number of nitrogens with two attached hydrogens (primary N) is 1. The van der Waals surface area contributed by atoms with Gasteiger partial charge in [-0.1, -0.05) is 6.92 Å². The molecule has 0 bridgehead atoms. The Morgan fingerprint density at radius 1 is 1.62 bits per heavy atom. The number of Topliss-reactive ketones (excluding diaryl/α,β-unsaturated/α-hetero) is 1. The third kappa shape index (κ3) is 3.87. The van der Waals surface area contributed by atoms with Gasteiger partial charge < -0.3 is 10.6 Å². The van der Waals surface area contributed by atoms with E-state index < -0.39 is 0 Å². The Balaban J connectivity index is 2.03. The van der Waals surface area contributed by atoms with Crippen LogP contribution in [0.1, 0.15) is 32.6 Å². The van der Waals surface area contributed by atoms with Crippen molar-refractivity contribution >= 4 is 5.78 Å². The fraction of sp³-hybridized carbons (Fsp3) is 0.900. The molecule has 0 aromatic heterocycles. The highest BCUT2D eigenvalue weighted by atomic mass is 16.1. The summed E-state index contributed by atoms with van der Waals surface area (Å²) < 4.78 is 0. The average molecular weight is 184 g/mol. The SMILES string of the molecule is CCC(=O)CCCN1CCC(N)C1. The normalized spacial score (nSPS) is 23.7. The Kier molecular flexibility index (Phi) is 4.39. The van der Waals surface area contributed by atoms with Gasteiger partial charge >= 0.3 is 0 Å². The number of carbonyl (C=O) groups excluding carboxylic acids is 1. The predicted octanol–water partition coefficient (Wildman–Crippen LogP) is 0.779. The topological polar surface area (TPSA) is 46.3 Å². The fourth-order valence-electron chi connectivity index (χ4n) is 1.74. The van der Waals surface area contributed by atoms with Crippen molar-refractivity contribution in [3.63, 3.8) is 0 Å². The zero-order valence-electron chi connectivity index (χ0n) is 8.46. The van der Waals surface area contributed by atoms with E-state index in [-0.39, 0.29) is 0 Å². The van der Waals surface area contributed by atoms with E-state index in [2.05, 4.69) is 4.90 Å². The number of nitrogens with zero attached hydrogens (tertiary/aromatic N) is 1. The van der Waals surface area contributed by atoms with E-state index in [1.54, 1.807) is 0 Å². The molecule has 13 heavy (non-hydrogen) atoms. The highest BCUT2D eigenvalue weighted by molar-refractivity contribution is 5.77. The Morgan fingerprint density at radius 3 is 2.92 bits per heavy atom. The molecule has 1 atom stereocenters. The van der Waals surface area contributed by atoms with Gasteiger partial charge in [-0.05, 0) is 25.9 Å². The van der Waals surface area contributed by atoms with Crippen LogP contribution in [0.25, 0.3) is 0 Å². The summed E-state index contributed by atoms with van der Waals surface area (Å²) in [7, 11) is 0. The lowest BCUT2D eigenvalue weighted by Crippen LogP contribution is -2.27. The zero-order valence-corrected chi connectivity index (χ0v) is 8.46. The molecule has 1 heterocycles. The maximum absolute atomic E-state index is 11.0. The second-order valence-corrected chi connectivity index (χ2v) is 3.85. The van der Waals surface area contributed by atoms with Gasteiger partial charge in [0.15, 0.2) is 0 Å². The van der Waals surface area contributed by atoms with E-state index in [4.69, 9.17) is 5.73 Å². The third-order valence-corrected chi connectivity index (χ3v) is 2.63.